The van der Waals surface area contributed by atoms with Gasteiger partial charge in [-0.25, -0.2) is 0 Å². The van der Waals surface area contributed by atoms with E-state index in [1.54, 1.807) is 4.90 Å². The van der Waals surface area contributed by atoms with Crippen LogP contribution in [0.5, 0.6) is 0 Å². The Hall–Kier alpha value is -2.11. The van der Waals surface area contributed by atoms with Crippen molar-refractivity contribution in [3.63, 3.8) is 0 Å². The first-order chi connectivity index (χ1) is 8.79. The summed E-state index contributed by atoms with van der Waals surface area (Å²) in [7, 11) is 0. The summed E-state index contributed by atoms with van der Waals surface area (Å²) in [5.41, 5.74) is 10.9. The van der Waals surface area contributed by atoms with Crippen molar-refractivity contribution < 1.29 is 4.79 Å². The Morgan fingerprint density at radius 2 is 2.33 bits per heavy atom. The molecule has 2 aliphatic heterocycles. The number of H-pyrrole nitrogens is 1. The van der Waals surface area contributed by atoms with Crippen LogP contribution in [0.2, 0.25) is 0 Å². The van der Waals surface area contributed by atoms with Gasteiger partial charge in [0, 0.05) is 42.9 Å². The van der Waals surface area contributed by atoms with E-state index in [4.69, 9.17) is 5.73 Å². The number of fused-ring (bicyclic) bond motifs is 1. The molecule has 0 bridgehead atoms. The minimum atomic E-state index is 0.534. The van der Waals surface area contributed by atoms with Crippen LogP contribution in [0.4, 0.5) is 0 Å². The quantitative estimate of drug-likeness (QED) is 0.709. The molecule has 94 valence electrons. The van der Waals surface area contributed by atoms with E-state index in [1.165, 1.54) is 5.56 Å². The normalized spacial score (nSPS) is 19.6. The Bertz CT molecular complexity index is 542. The minimum absolute atomic E-state index is 0.534. The van der Waals surface area contributed by atoms with Crippen LogP contribution in [0.15, 0.2) is 22.5 Å². The van der Waals surface area contributed by atoms with Crippen molar-refractivity contribution in [3.8, 4) is 0 Å². The topological polar surface area (TPSA) is 87.4 Å². The van der Waals surface area contributed by atoms with Gasteiger partial charge < -0.3 is 10.6 Å². The van der Waals surface area contributed by atoms with Gasteiger partial charge in [0.1, 0.15) is 0 Å². The number of nitrogens with two attached hydrogens (primary N) is 1. The fourth-order valence-electron chi connectivity index (χ4n) is 2.43. The molecule has 2 aliphatic rings. The highest BCUT2D eigenvalue weighted by molar-refractivity contribution is 6.13. The molecule has 1 aromatic rings. The van der Waals surface area contributed by atoms with Crippen molar-refractivity contribution in [1.29, 1.82) is 0 Å². The molecule has 1 amide bonds. The monoisotopic (exact) mass is 245 g/mol. The van der Waals surface area contributed by atoms with E-state index in [0.717, 1.165) is 42.1 Å². The summed E-state index contributed by atoms with van der Waals surface area (Å²) < 4.78 is 0. The Labute approximate surface area is 105 Å². The van der Waals surface area contributed by atoms with E-state index in [1.807, 2.05) is 6.20 Å². The highest BCUT2D eigenvalue weighted by atomic mass is 16.1. The highest BCUT2D eigenvalue weighted by Crippen LogP contribution is 2.22. The lowest BCUT2D eigenvalue weighted by Crippen LogP contribution is -2.36. The first-order valence-electron chi connectivity index (χ1n) is 6.04. The van der Waals surface area contributed by atoms with Gasteiger partial charge in [-0.3, -0.25) is 14.9 Å². The maximum absolute atomic E-state index is 10.9. The Balaban J connectivity index is 2.00. The van der Waals surface area contributed by atoms with Crippen LogP contribution in [0.25, 0.3) is 0 Å². The lowest BCUT2D eigenvalue weighted by molar-refractivity contribution is -0.117. The molecule has 3 rings (SSSR count). The zero-order chi connectivity index (χ0) is 12.5. The molecule has 0 aliphatic carbocycles. The molecule has 0 radical (unpaired) electrons. The van der Waals surface area contributed by atoms with Gasteiger partial charge >= 0.3 is 0 Å². The fraction of sp³-hybridized carbons (Fsp3) is 0.417. The van der Waals surface area contributed by atoms with Crippen LogP contribution < -0.4 is 5.73 Å². The summed E-state index contributed by atoms with van der Waals surface area (Å²) in [6.07, 6.45) is 4.31. The second-order valence-electron chi connectivity index (χ2n) is 4.58. The van der Waals surface area contributed by atoms with E-state index in [-0.39, 0.29) is 0 Å². The molecule has 3 heterocycles. The van der Waals surface area contributed by atoms with Crippen molar-refractivity contribution in [3.05, 3.63) is 28.7 Å². The number of nitrogens with one attached hydrogen (secondary N) is 1. The summed E-state index contributed by atoms with van der Waals surface area (Å²) >= 11 is 0. The molecule has 6 heteroatoms. The molecule has 18 heavy (non-hydrogen) atoms. The summed E-state index contributed by atoms with van der Waals surface area (Å²) in [6.45, 7) is 1.97. The summed E-state index contributed by atoms with van der Waals surface area (Å²) in [4.78, 5) is 17.2. The van der Waals surface area contributed by atoms with Gasteiger partial charge in [-0.2, -0.15) is 5.10 Å². The number of carbonyl (C=O) groups excluding carboxylic acids is 1. The van der Waals surface area contributed by atoms with Crippen LogP contribution in [-0.2, 0) is 11.2 Å². The number of aliphatic imine (C=N–C) groups is 1. The third-order valence-corrected chi connectivity index (χ3v) is 3.46. The molecular formula is C12H15N5O. The Morgan fingerprint density at radius 1 is 1.44 bits per heavy atom. The van der Waals surface area contributed by atoms with Crippen molar-refractivity contribution in [2.75, 3.05) is 19.6 Å². The third kappa shape index (κ3) is 1.70. The van der Waals surface area contributed by atoms with Crippen LogP contribution in [-0.4, -0.2) is 46.9 Å². The Morgan fingerprint density at radius 3 is 3.17 bits per heavy atom. The SMILES string of the molecule is NC1=C(C2=NCCc3cn[nH]c32)CN(C=O)CC1. The van der Waals surface area contributed by atoms with Gasteiger partial charge in [-0.05, 0) is 6.42 Å². The summed E-state index contributed by atoms with van der Waals surface area (Å²) in [5, 5.41) is 7.04. The van der Waals surface area contributed by atoms with E-state index in [0.29, 0.717) is 19.5 Å². The van der Waals surface area contributed by atoms with Crippen molar-refractivity contribution >= 4 is 12.1 Å². The molecule has 1 aromatic heterocycles. The van der Waals surface area contributed by atoms with E-state index < -0.39 is 0 Å². The largest absolute Gasteiger partial charge is 0.402 e. The smallest absolute Gasteiger partial charge is 0.210 e. The number of hydrogen-bond acceptors (Lipinski definition) is 4. The molecule has 0 unspecified atom stereocenters. The lowest BCUT2D eigenvalue weighted by atomic mass is 9.95. The lowest BCUT2D eigenvalue weighted by Gasteiger charge is -2.28. The molecule has 3 N–H and O–H groups in total. The second kappa shape index (κ2) is 4.29. The average molecular weight is 245 g/mol. The molecule has 0 fully saturated rings. The number of hydrogen-bond donors (Lipinski definition) is 2. The van der Waals surface area contributed by atoms with E-state index in [9.17, 15) is 4.79 Å². The zero-order valence-electron chi connectivity index (χ0n) is 10.0. The molecule has 6 nitrogen and oxygen atoms in total. The maximum atomic E-state index is 10.9. The van der Waals surface area contributed by atoms with Crippen molar-refractivity contribution in [2.45, 2.75) is 12.8 Å². The number of amides is 1. The average Bonchev–Trinajstić information content (AvgIpc) is 2.87. The first kappa shape index (κ1) is 11.0. The molecule has 0 spiro atoms. The van der Waals surface area contributed by atoms with E-state index in [2.05, 4.69) is 15.2 Å². The van der Waals surface area contributed by atoms with Gasteiger partial charge in [0.2, 0.25) is 6.41 Å². The summed E-state index contributed by atoms with van der Waals surface area (Å²) in [5.74, 6) is 0. The van der Waals surface area contributed by atoms with Gasteiger partial charge in [0.15, 0.2) is 0 Å². The van der Waals surface area contributed by atoms with Gasteiger partial charge in [-0.1, -0.05) is 0 Å². The standard InChI is InChI=1S/C12H15N5O/c13-10-2-4-17(7-18)6-9(10)12-11-8(1-3-14-12)5-15-16-11/h5,7H,1-4,6,13H2,(H,15,16). The summed E-state index contributed by atoms with van der Waals surface area (Å²) in [6, 6.07) is 0. The predicted octanol–water partition coefficient (Wildman–Crippen LogP) is -0.170. The number of aromatic amines is 1. The zero-order valence-corrected chi connectivity index (χ0v) is 10.0. The van der Waals surface area contributed by atoms with Crippen LogP contribution in [0, 0.1) is 0 Å². The minimum Gasteiger partial charge on any atom is -0.402 e. The van der Waals surface area contributed by atoms with Gasteiger partial charge in [0.05, 0.1) is 17.6 Å². The first-order valence-corrected chi connectivity index (χ1v) is 6.04. The van der Waals surface area contributed by atoms with Crippen LogP contribution >= 0.6 is 0 Å². The fourth-order valence-corrected chi connectivity index (χ4v) is 2.43. The number of aromatic nitrogens is 2. The number of carbonyl (C=O) groups is 1. The van der Waals surface area contributed by atoms with Crippen molar-refractivity contribution in [1.82, 2.24) is 15.1 Å². The van der Waals surface area contributed by atoms with Crippen LogP contribution in [0.3, 0.4) is 0 Å². The van der Waals surface area contributed by atoms with E-state index >= 15 is 0 Å². The molecule has 0 aromatic carbocycles. The van der Waals surface area contributed by atoms with Gasteiger partial charge in [0.25, 0.3) is 0 Å². The van der Waals surface area contributed by atoms with Crippen molar-refractivity contribution in [2.24, 2.45) is 10.7 Å². The number of rotatable bonds is 2. The molecule has 0 saturated carbocycles. The molecular weight excluding hydrogens is 230 g/mol. The predicted molar refractivity (Wildman–Crippen MR) is 67.2 cm³/mol. The number of nitrogens with zero attached hydrogens (tertiary/aromatic N) is 3. The molecule has 0 saturated heterocycles. The third-order valence-electron chi connectivity index (χ3n) is 3.46. The van der Waals surface area contributed by atoms with Gasteiger partial charge in [-0.15, -0.1) is 0 Å². The Kier molecular flexibility index (Phi) is 2.62. The highest BCUT2D eigenvalue weighted by Gasteiger charge is 2.25. The molecule has 0 atom stereocenters. The van der Waals surface area contributed by atoms with Crippen LogP contribution in [0.1, 0.15) is 17.7 Å². The second-order valence-corrected chi connectivity index (χ2v) is 4.58. The maximum Gasteiger partial charge on any atom is 0.210 e.